The topological polar surface area (TPSA) is 185 Å². The molecule has 0 saturated heterocycles. The molecule has 0 heterocycles. The highest BCUT2D eigenvalue weighted by atomic mass is 27.3. The van der Waals surface area contributed by atoms with Gasteiger partial charge >= 0.3 is 15.1 Å². The Balaban J connectivity index is 2.10. The van der Waals surface area contributed by atoms with Crippen LogP contribution >= 0.6 is 0 Å². The summed E-state index contributed by atoms with van der Waals surface area (Å²) in [5.41, 5.74) is 1.10. The maximum absolute atomic E-state index is 14.8. The van der Waals surface area contributed by atoms with Gasteiger partial charge in [-0.15, -0.1) is 0 Å². The summed E-state index contributed by atoms with van der Waals surface area (Å²) >= 11 is -4.43. The number of carbonyl (C=O) groups excluding carboxylic acids is 6. The van der Waals surface area contributed by atoms with Crippen LogP contribution in [-0.2, 0) is 85.9 Å². The second-order valence-electron chi connectivity index (χ2n) is 21.0. The molecule has 15 nitrogen and oxygen atoms in total. The number of hydrogen-bond acceptors (Lipinski definition) is 15. The third kappa shape index (κ3) is 25.7. The van der Waals surface area contributed by atoms with Gasteiger partial charge in [0, 0.05) is 16.7 Å². The van der Waals surface area contributed by atoms with Gasteiger partial charge in [-0.25, -0.2) is 0 Å². The first kappa shape index (κ1) is 71.6. The summed E-state index contributed by atoms with van der Waals surface area (Å²) in [5, 5.41) is 0. The Morgan fingerprint density at radius 1 is 0.293 bits per heavy atom. The fraction of sp³-hybridized carbons (Fsp3) is 0.636. The largest absolute Gasteiger partial charge is 1.20 e. The number of unbranched alkanes of at least 4 members (excludes halogenated alkanes) is 18. The van der Waals surface area contributed by atoms with Crippen molar-refractivity contribution in [3.05, 3.63) is 108 Å². The van der Waals surface area contributed by atoms with Crippen LogP contribution in [0.25, 0.3) is 0 Å². The highest BCUT2D eigenvalue weighted by molar-refractivity contribution is 6.45. The van der Waals surface area contributed by atoms with Gasteiger partial charge in [-0.3, -0.25) is 28.8 Å². The Labute approximate surface area is 496 Å². The van der Waals surface area contributed by atoms with E-state index in [1.54, 1.807) is 91.0 Å². The maximum Gasteiger partial charge on any atom is 1.20 e. The molecule has 0 aromatic heterocycles. The van der Waals surface area contributed by atoms with Gasteiger partial charge in [0.2, 0.25) is 17.3 Å². The number of rotatable bonds is 51. The SMILES string of the molecule is CCCCCCOC(OCCCCCC)(C(=O)CC(=O)[O][Al]([O]C(=O)CC(=O)C(OCCCCCC)(OCCCCCC)c1ccccc1)[O]C(=O)CC(=O)C(OCCCCCC)(OCCCCCC)c1ccccc1)c1ccccc1. The lowest BCUT2D eigenvalue weighted by Crippen LogP contribution is -2.46. The molecule has 0 spiro atoms. The van der Waals surface area contributed by atoms with E-state index < -0.39 is 87.0 Å². The van der Waals surface area contributed by atoms with Crippen molar-refractivity contribution in [3.63, 3.8) is 0 Å². The molecule has 0 bridgehead atoms. The average Bonchev–Trinajstić information content (AvgIpc) is 3.64. The fourth-order valence-electron chi connectivity index (χ4n) is 9.29. The van der Waals surface area contributed by atoms with Gasteiger partial charge < -0.3 is 39.8 Å². The van der Waals surface area contributed by atoms with Gasteiger partial charge in [-0.05, 0) is 38.5 Å². The Hall–Kier alpha value is -4.63. The van der Waals surface area contributed by atoms with E-state index in [2.05, 4.69) is 41.5 Å². The monoisotopic (exact) mass is 1160 g/mol. The van der Waals surface area contributed by atoms with Crippen LogP contribution in [0, 0.1) is 0 Å². The molecular formula is C66H99AlO15. The second-order valence-corrected chi connectivity index (χ2v) is 22.2. The van der Waals surface area contributed by atoms with Crippen LogP contribution in [0.4, 0.5) is 0 Å². The van der Waals surface area contributed by atoms with Crippen LogP contribution in [-0.4, -0.2) is 90.0 Å². The van der Waals surface area contributed by atoms with Crippen molar-refractivity contribution in [1.82, 2.24) is 0 Å². The first-order chi connectivity index (χ1) is 39.9. The van der Waals surface area contributed by atoms with Crippen LogP contribution in [0.15, 0.2) is 91.0 Å². The Morgan fingerprint density at radius 3 is 0.671 bits per heavy atom. The first-order valence-corrected chi connectivity index (χ1v) is 32.5. The van der Waals surface area contributed by atoms with E-state index >= 15 is 0 Å². The molecule has 82 heavy (non-hydrogen) atoms. The minimum atomic E-state index is -4.43. The molecular weight excluding hydrogens is 1060 g/mol. The molecule has 3 rings (SSSR count). The molecule has 0 fully saturated rings. The highest BCUT2D eigenvalue weighted by Gasteiger charge is 2.53. The molecule has 0 N–H and O–H groups in total. The zero-order valence-corrected chi connectivity index (χ0v) is 51.9. The predicted octanol–water partition coefficient (Wildman–Crippen LogP) is 14.6. The smallest absolute Gasteiger partial charge is 0.550 e. The van der Waals surface area contributed by atoms with Gasteiger partial charge in [0.25, 0.3) is 35.3 Å². The molecule has 0 radical (unpaired) electrons. The molecule has 16 heteroatoms. The summed E-state index contributed by atoms with van der Waals surface area (Å²) in [6.07, 6.45) is 17.5. The summed E-state index contributed by atoms with van der Waals surface area (Å²) in [5.74, 6) is -12.1. The lowest BCUT2D eigenvalue weighted by molar-refractivity contribution is -0.237. The van der Waals surface area contributed by atoms with Crippen molar-refractivity contribution in [2.45, 2.75) is 232 Å². The third-order valence-electron chi connectivity index (χ3n) is 14.0. The second kappa shape index (κ2) is 43.1. The van der Waals surface area contributed by atoms with Crippen LogP contribution < -0.4 is 0 Å². The van der Waals surface area contributed by atoms with Gasteiger partial charge in [0.15, 0.2) is 0 Å². The molecule has 456 valence electrons. The minimum Gasteiger partial charge on any atom is -0.550 e. The number of benzene rings is 3. The number of carbonyl (C=O) groups is 6. The van der Waals surface area contributed by atoms with Gasteiger partial charge in [0.1, 0.15) is 19.3 Å². The summed E-state index contributed by atoms with van der Waals surface area (Å²) in [4.78, 5) is 87.4. The van der Waals surface area contributed by atoms with E-state index in [-0.39, 0.29) is 39.6 Å². The molecule has 0 aliphatic carbocycles. The highest BCUT2D eigenvalue weighted by Crippen LogP contribution is 2.35. The molecule has 3 aromatic carbocycles. The lowest BCUT2D eigenvalue weighted by atomic mass is 9.98. The molecule has 0 saturated carbocycles. The van der Waals surface area contributed by atoms with Gasteiger partial charge in [0.05, 0.1) is 39.6 Å². The number of hydrogen-bond donors (Lipinski definition) is 0. The molecule has 0 aliphatic heterocycles. The number of Topliss-reactive ketones (excluding diaryl/α,β-unsaturated/α-hetero) is 3. The van der Waals surface area contributed by atoms with E-state index in [0.29, 0.717) is 55.2 Å². The zero-order valence-electron chi connectivity index (χ0n) is 50.7. The van der Waals surface area contributed by atoms with Crippen LogP contribution in [0.2, 0.25) is 0 Å². The summed E-state index contributed by atoms with van der Waals surface area (Å²) < 4.78 is 55.8. The van der Waals surface area contributed by atoms with Crippen molar-refractivity contribution >= 4 is 50.4 Å². The van der Waals surface area contributed by atoms with E-state index in [1.807, 2.05) is 0 Å². The summed E-state index contributed by atoms with van der Waals surface area (Å²) in [6, 6.07) is 25.9. The van der Waals surface area contributed by atoms with E-state index in [1.165, 1.54) is 0 Å². The lowest BCUT2D eigenvalue weighted by Gasteiger charge is -2.33. The van der Waals surface area contributed by atoms with Crippen molar-refractivity contribution in [2.75, 3.05) is 39.6 Å². The van der Waals surface area contributed by atoms with E-state index in [4.69, 9.17) is 39.8 Å². The van der Waals surface area contributed by atoms with Crippen molar-refractivity contribution < 1.29 is 68.6 Å². The van der Waals surface area contributed by atoms with Crippen LogP contribution in [0.3, 0.4) is 0 Å². The predicted molar refractivity (Wildman–Crippen MR) is 318 cm³/mol. The summed E-state index contributed by atoms with van der Waals surface area (Å²) in [6.45, 7) is 13.4. The van der Waals surface area contributed by atoms with Crippen LogP contribution in [0.5, 0.6) is 0 Å². The zero-order chi connectivity index (χ0) is 59.6. The quantitative estimate of drug-likeness (QED) is 0.0225. The normalized spacial score (nSPS) is 11.8. The molecule has 0 amide bonds. The molecule has 0 unspecified atom stereocenters. The van der Waals surface area contributed by atoms with Crippen molar-refractivity contribution in [2.24, 2.45) is 0 Å². The van der Waals surface area contributed by atoms with E-state index in [9.17, 15) is 28.8 Å². The van der Waals surface area contributed by atoms with Gasteiger partial charge in [-0.2, -0.15) is 0 Å². The van der Waals surface area contributed by atoms with Gasteiger partial charge in [-0.1, -0.05) is 248 Å². The first-order valence-electron chi connectivity index (χ1n) is 31.1. The Bertz CT molecular complexity index is 1920. The van der Waals surface area contributed by atoms with Crippen molar-refractivity contribution in [1.29, 1.82) is 0 Å². The standard InChI is InChI=1S/3C22H34O5.Al/c3*1-3-5-7-12-16-26-22(20(23)18-21(24)25,19-14-10-9-11-15-19)27-17-13-8-6-4-2;/h3*9-11,14-15H,3-8,12-13,16-18H2,1-2H3,(H,24,25);/q;;;+3/p-3. The molecule has 3 aromatic rings. The molecule has 0 atom stereocenters. The molecule has 0 aliphatic rings. The maximum atomic E-state index is 14.8. The average molecular weight is 1160 g/mol. The van der Waals surface area contributed by atoms with E-state index in [0.717, 1.165) is 116 Å². The fourth-order valence-corrected chi connectivity index (χ4v) is 10.3. The third-order valence-corrected chi connectivity index (χ3v) is 15.3. The Kier molecular flexibility index (Phi) is 37.6. The summed E-state index contributed by atoms with van der Waals surface area (Å²) in [7, 11) is 0. The number of ketones is 3. The Morgan fingerprint density at radius 2 is 0.488 bits per heavy atom. The van der Waals surface area contributed by atoms with Crippen molar-refractivity contribution in [3.8, 4) is 0 Å². The minimum absolute atomic E-state index is 0.143. The van der Waals surface area contributed by atoms with Crippen LogP contribution in [0.1, 0.15) is 232 Å². The number of ether oxygens (including phenoxy) is 6.